The molecule has 0 bridgehead atoms. The molecule has 136 valence electrons. The third kappa shape index (κ3) is 6.46. The van der Waals surface area contributed by atoms with Crippen LogP contribution in [0.4, 0.5) is 0 Å². The maximum Gasteiger partial charge on any atom is 0.240 e. The number of hydrogen-bond donors (Lipinski definition) is 2. The molecule has 1 rings (SSSR count). The first kappa shape index (κ1) is 20.4. The van der Waals surface area contributed by atoms with E-state index in [1.54, 1.807) is 13.0 Å². The number of amides is 1. The molecule has 24 heavy (non-hydrogen) atoms. The third-order valence-electron chi connectivity index (χ3n) is 3.43. The summed E-state index contributed by atoms with van der Waals surface area (Å²) in [5, 5.41) is 2.73. The van der Waals surface area contributed by atoms with Crippen LogP contribution in [-0.2, 0) is 21.4 Å². The van der Waals surface area contributed by atoms with Crippen LogP contribution in [0.2, 0.25) is 0 Å². The van der Waals surface area contributed by atoms with Gasteiger partial charge >= 0.3 is 0 Å². The van der Waals surface area contributed by atoms with Gasteiger partial charge in [0.15, 0.2) is 0 Å². The molecule has 0 saturated carbocycles. The zero-order chi connectivity index (χ0) is 18.2. The Bertz CT molecular complexity index is 645. The van der Waals surface area contributed by atoms with Crippen LogP contribution in [0.15, 0.2) is 23.1 Å². The number of nitrogens with zero attached hydrogens (tertiary/aromatic N) is 1. The van der Waals surface area contributed by atoms with Gasteiger partial charge in [0.2, 0.25) is 15.9 Å². The first-order valence-electron chi connectivity index (χ1n) is 7.88. The largest absolute Gasteiger partial charge is 0.496 e. The van der Waals surface area contributed by atoms with E-state index in [-0.39, 0.29) is 17.3 Å². The second kappa shape index (κ2) is 9.61. The standard InChI is InChI=1S/C16H27N3O4S/c1-5-16(20)17-12-13-11-14(7-8-15(13)23-4)24(21,22)18-9-6-10-19(2)3/h7-8,11,18H,5-6,9-10,12H2,1-4H3,(H,17,20). The minimum absolute atomic E-state index is 0.105. The minimum Gasteiger partial charge on any atom is -0.496 e. The molecule has 1 aromatic rings. The number of carbonyl (C=O) groups excluding carboxylic acids is 1. The lowest BCUT2D eigenvalue weighted by Gasteiger charge is -2.13. The number of carbonyl (C=O) groups is 1. The number of ether oxygens (including phenoxy) is 1. The molecule has 1 aromatic carbocycles. The summed E-state index contributed by atoms with van der Waals surface area (Å²) in [4.78, 5) is 13.6. The highest BCUT2D eigenvalue weighted by atomic mass is 32.2. The van der Waals surface area contributed by atoms with Gasteiger partial charge in [-0.25, -0.2) is 13.1 Å². The average Bonchev–Trinajstić information content (AvgIpc) is 2.56. The molecule has 0 atom stereocenters. The molecule has 0 aromatic heterocycles. The second-order valence-corrected chi connectivity index (χ2v) is 7.43. The molecule has 0 aliphatic carbocycles. The van der Waals surface area contributed by atoms with Crippen molar-refractivity contribution in [2.24, 2.45) is 0 Å². The molecule has 0 aliphatic heterocycles. The molecular weight excluding hydrogens is 330 g/mol. The average molecular weight is 357 g/mol. The monoisotopic (exact) mass is 357 g/mol. The minimum atomic E-state index is -3.59. The fourth-order valence-corrected chi connectivity index (χ4v) is 3.19. The zero-order valence-electron chi connectivity index (χ0n) is 14.8. The fourth-order valence-electron chi connectivity index (χ4n) is 2.06. The Kier molecular flexibility index (Phi) is 8.17. The van der Waals surface area contributed by atoms with Crippen LogP contribution < -0.4 is 14.8 Å². The van der Waals surface area contributed by atoms with E-state index in [1.165, 1.54) is 19.2 Å². The van der Waals surface area contributed by atoms with Crippen LogP contribution >= 0.6 is 0 Å². The van der Waals surface area contributed by atoms with Crippen molar-refractivity contribution >= 4 is 15.9 Å². The quantitative estimate of drug-likeness (QED) is 0.609. The van der Waals surface area contributed by atoms with E-state index in [0.29, 0.717) is 24.3 Å². The van der Waals surface area contributed by atoms with E-state index in [0.717, 1.165) is 13.0 Å². The molecule has 0 heterocycles. The van der Waals surface area contributed by atoms with E-state index in [9.17, 15) is 13.2 Å². The number of rotatable bonds is 10. The fraction of sp³-hybridized carbons (Fsp3) is 0.562. The van der Waals surface area contributed by atoms with Gasteiger partial charge in [-0.3, -0.25) is 4.79 Å². The summed E-state index contributed by atoms with van der Waals surface area (Å²) in [7, 11) is 1.80. The van der Waals surface area contributed by atoms with E-state index in [2.05, 4.69) is 10.0 Å². The van der Waals surface area contributed by atoms with Crippen molar-refractivity contribution in [2.45, 2.75) is 31.2 Å². The highest BCUT2D eigenvalue weighted by Crippen LogP contribution is 2.22. The summed E-state index contributed by atoms with van der Waals surface area (Å²) in [5.41, 5.74) is 0.621. The van der Waals surface area contributed by atoms with E-state index in [1.807, 2.05) is 19.0 Å². The molecule has 0 spiro atoms. The van der Waals surface area contributed by atoms with Crippen molar-refractivity contribution in [2.75, 3.05) is 34.3 Å². The summed E-state index contributed by atoms with van der Waals surface area (Å²) >= 11 is 0. The van der Waals surface area contributed by atoms with Gasteiger partial charge in [-0.2, -0.15) is 0 Å². The summed E-state index contributed by atoms with van der Waals surface area (Å²) in [6, 6.07) is 4.63. The zero-order valence-corrected chi connectivity index (χ0v) is 15.6. The highest BCUT2D eigenvalue weighted by Gasteiger charge is 2.16. The van der Waals surface area contributed by atoms with Crippen LogP contribution in [0.5, 0.6) is 5.75 Å². The number of nitrogens with one attached hydrogen (secondary N) is 2. The molecule has 0 unspecified atom stereocenters. The predicted octanol–water partition coefficient (Wildman–Crippen LogP) is 0.951. The molecular formula is C16H27N3O4S. The number of benzene rings is 1. The van der Waals surface area contributed by atoms with Gasteiger partial charge in [0, 0.05) is 25.1 Å². The maximum absolute atomic E-state index is 12.4. The van der Waals surface area contributed by atoms with Crippen LogP contribution in [0.3, 0.4) is 0 Å². The molecule has 0 fully saturated rings. The number of methoxy groups -OCH3 is 1. The van der Waals surface area contributed by atoms with Crippen LogP contribution in [0.1, 0.15) is 25.3 Å². The van der Waals surface area contributed by atoms with Crippen LogP contribution in [0, 0.1) is 0 Å². The van der Waals surface area contributed by atoms with E-state index < -0.39 is 10.0 Å². The van der Waals surface area contributed by atoms with Gasteiger partial charge in [-0.1, -0.05) is 6.92 Å². The Morgan fingerprint density at radius 1 is 1.29 bits per heavy atom. The molecule has 0 aliphatic rings. The Morgan fingerprint density at radius 3 is 2.58 bits per heavy atom. The van der Waals surface area contributed by atoms with Crippen molar-refractivity contribution in [1.82, 2.24) is 14.9 Å². The number of sulfonamides is 1. The highest BCUT2D eigenvalue weighted by molar-refractivity contribution is 7.89. The van der Waals surface area contributed by atoms with Gasteiger partial charge in [0.05, 0.1) is 12.0 Å². The maximum atomic E-state index is 12.4. The van der Waals surface area contributed by atoms with E-state index >= 15 is 0 Å². The van der Waals surface area contributed by atoms with Crippen LogP contribution in [0.25, 0.3) is 0 Å². The lowest BCUT2D eigenvalue weighted by molar-refractivity contribution is -0.120. The van der Waals surface area contributed by atoms with Gasteiger partial charge in [0.1, 0.15) is 5.75 Å². The molecule has 0 radical (unpaired) electrons. The Balaban J connectivity index is 2.84. The van der Waals surface area contributed by atoms with Gasteiger partial charge in [-0.05, 0) is 45.3 Å². The number of hydrogen-bond acceptors (Lipinski definition) is 5. The Hall–Kier alpha value is -1.64. The second-order valence-electron chi connectivity index (χ2n) is 5.66. The SMILES string of the molecule is CCC(=O)NCc1cc(S(=O)(=O)NCCCN(C)C)ccc1OC. The Morgan fingerprint density at radius 2 is 2.00 bits per heavy atom. The molecule has 1 amide bonds. The van der Waals surface area contributed by atoms with Crippen molar-refractivity contribution in [3.8, 4) is 5.75 Å². The summed E-state index contributed by atoms with van der Waals surface area (Å²) in [5.74, 6) is 0.435. The Labute approximate surface area is 144 Å². The van der Waals surface area contributed by atoms with Gasteiger partial charge in [-0.15, -0.1) is 0 Å². The molecule has 7 nitrogen and oxygen atoms in total. The first-order chi connectivity index (χ1) is 11.3. The van der Waals surface area contributed by atoms with Gasteiger partial charge in [0.25, 0.3) is 0 Å². The molecule has 0 saturated heterocycles. The first-order valence-corrected chi connectivity index (χ1v) is 9.36. The lowest BCUT2D eigenvalue weighted by atomic mass is 10.2. The topological polar surface area (TPSA) is 87.7 Å². The molecule has 2 N–H and O–H groups in total. The van der Waals surface area contributed by atoms with Crippen molar-refractivity contribution in [3.05, 3.63) is 23.8 Å². The molecule has 8 heteroatoms. The van der Waals surface area contributed by atoms with Crippen molar-refractivity contribution < 1.29 is 17.9 Å². The summed E-state index contributed by atoms with van der Waals surface area (Å²) in [6.45, 7) is 3.15. The van der Waals surface area contributed by atoms with Crippen LogP contribution in [-0.4, -0.2) is 53.5 Å². The third-order valence-corrected chi connectivity index (χ3v) is 4.89. The smallest absolute Gasteiger partial charge is 0.240 e. The van der Waals surface area contributed by atoms with Crippen molar-refractivity contribution in [3.63, 3.8) is 0 Å². The summed E-state index contributed by atoms with van der Waals surface area (Å²) < 4.78 is 32.6. The van der Waals surface area contributed by atoms with Crippen molar-refractivity contribution in [1.29, 1.82) is 0 Å². The van der Waals surface area contributed by atoms with E-state index in [4.69, 9.17) is 4.74 Å². The predicted molar refractivity (Wildman–Crippen MR) is 93.5 cm³/mol. The van der Waals surface area contributed by atoms with Gasteiger partial charge < -0.3 is 15.0 Å². The lowest BCUT2D eigenvalue weighted by Crippen LogP contribution is -2.27. The normalized spacial score (nSPS) is 11.5. The summed E-state index contributed by atoms with van der Waals surface area (Å²) in [6.07, 6.45) is 1.09.